The highest BCUT2D eigenvalue weighted by atomic mass is 16.2. The number of nitrogens with one attached hydrogen (secondary N) is 2. The van der Waals surface area contributed by atoms with Gasteiger partial charge in [0, 0.05) is 12.6 Å². The lowest BCUT2D eigenvalue weighted by molar-refractivity contribution is -0.122. The lowest BCUT2D eigenvalue weighted by Crippen LogP contribution is -2.40. The lowest BCUT2D eigenvalue weighted by Gasteiger charge is -2.20. The van der Waals surface area contributed by atoms with Crippen LogP contribution in [-0.4, -0.2) is 40.8 Å². The normalized spacial score (nSPS) is 10.8. The van der Waals surface area contributed by atoms with Crippen molar-refractivity contribution >= 4 is 11.8 Å². The molecule has 0 aliphatic heterocycles. The molecule has 0 fully saturated rings. The Morgan fingerprint density at radius 1 is 1.38 bits per heavy atom. The number of hydrogen-bond acceptors (Lipinski definition) is 5. The smallest absolute Gasteiger partial charge is 0.283 e. The van der Waals surface area contributed by atoms with Gasteiger partial charge >= 0.3 is 0 Å². The summed E-state index contributed by atoms with van der Waals surface area (Å²) in [5.74, 6) is 4.63. The van der Waals surface area contributed by atoms with Crippen molar-refractivity contribution in [3.05, 3.63) is 29.6 Å². The number of hydrazine groups is 1. The molecule has 1 heterocycles. The van der Waals surface area contributed by atoms with E-state index in [-0.39, 0.29) is 17.6 Å². The van der Waals surface area contributed by atoms with Gasteiger partial charge in [0.15, 0.2) is 0 Å². The first-order chi connectivity index (χ1) is 9.96. The Balaban J connectivity index is 2.68. The van der Waals surface area contributed by atoms with Gasteiger partial charge in [-0.3, -0.25) is 19.9 Å². The Kier molecular flexibility index (Phi) is 6.77. The van der Waals surface area contributed by atoms with Crippen molar-refractivity contribution in [2.45, 2.75) is 33.4 Å². The molecule has 0 spiro atoms. The summed E-state index contributed by atoms with van der Waals surface area (Å²) in [6.45, 7) is 7.31. The average molecular weight is 293 g/mol. The van der Waals surface area contributed by atoms with Crippen molar-refractivity contribution in [2.75, 3.05) is 13.1 Å². The summed E-state index contributed by atoms with van der Waals surface area (Å²) in [4.78, 5) is 29.4. The van der Waals surface area contributed by atoms with Gasteiger partial charge in [-0.15, -0.1) is 0 Å². The molecule has 0 atom stereocenters. The van der Waals surface area contributed by atoms with Gasteiger partial charge in [0.1, 0.15) is 5.69 Å². The van der Waals surface area contributed by atoms with Crippen LogP contribution in [0.2, 0.25) is 0 Å². The van der Waals surface area contributed by atoms with Crippen LogP contribution in [0.25, 0.3) is 0 Å². The molecule has 0 aliphatic carbocycles. The Labute approximate surface area is 124 Å². The summed E-state index contributed by atoms with van der Waals surface area (Å²) < 4.78 is 0. The van der Waals surface area contributed by atoms with Crippen LogP contribution in [0.5, 0.6) is 0 Å². The van der Waals surface area contributed by atoms with Gasteiger partial charge < -0.3 is 5.32 Å². The number of amides is 2. The number of carbonyl (C=O) groups excluding carboxylic acids is 2. The maximum Gasteiger partial charge on any atom is 0.283 e. The molecular formula is C14H23N5O2. The predicted octanol–water partition coefficient (Wildman–Crippen LogP) is 0.0316. The summed E-state index contributed by atoms with van der Waals surface area (Å²) in [6.07, 6.45) is 0. The molecule has 0 aromatic carbocycles. The molecule has 1 aromatic rings. The van der Waals surface area contributed by atoms with Crippen molar-refractivity contribution in [3.63, 3.8) is 0 Å². The van der Waals surface area contributed by atoms with E-state index in [4.69, 9.17) is 5.84 Å². The lowest BCUT2D eigenvalue weighted by atomic mass is 10.2. The standard InChI is InChI=1S/C14H23N5O2/c1-4-19(9-13(20)16-10(2)3)8-11-6-5-7-12(17-11)14(21)18-15/h5-7,10H,4,8-9,15H2,1-3H3,(H,16,20)(H,18,21). The molecule has 0 aliphatic rings. The second kappa shape index (κ2) is 8.33. The van der Waals surface area contributed by atoms with E-state index in [0.29, 0.717) is 19.6 Å². The molecule has 0 radical (unpaired) electrons. The van der Waals surface area contributed by atoms with Gasteiger partial charge in [0.25, 0.3) is 5.91 Å². The monoisotopic (exact) mass is 293 g/mol. The first-order valence-electron chi connectivity index (χ1n) is 6.94. The minimum absolute atomic E-state index is 0.0253. The van der Waals surface area contributed by atoms with Gasteiger partial charge in [0.05, 0.1) is 12.2 Å². The van der Waals surface area contributed by atoms with E-state index < -0.39 is 5.91 Å². The maximum absolute atomic E-state index is 11.8. The number of rotatable bonds is 7. The molecule has 7 nitrogen and oxygen atoms in total. The van der Waals surface area contributed by atoms with Crippen LogP contribution < -0.4 is 16.6 Å². The minimum Gasteiger partial charge on any atom is -0.353 e. The number of likely N-dealkylation sites (N-methyl/N-ethyl adjacent to an activating group) is 1. The second-order valence-corrected chi connectivity index (χ2v) is 5.01. The van der Waals surface area contributed by atoms with E-state index in [1.54, 1.807) is 12.1 Å². The van der Waals surface area contributed by atoms with Crippen LogP contribution in [0.15, 0.2) is 18.2 Å². The van der Waals surface area contributed by atoms with Crippen LogP contribution >= 0.6 is 0 Å². The highest BCUT2D eigenvalue weighted by molar-refractivity contribution is 5.91. The van der Waals surface area contributed by atoms with Crippen molar-refractivity contribution in [3.8, 4) is 0 Å². The Morgan fingerprint density at radius 2 is 2.10 bits per heavy atom. The highest BCUT2D eigenvalue weighted by Gasteiger charge is 2.12. The first-order valence-corrected chi connectivity index (χ1v) is 6.94. The first kappa shape index (κ1) is 17.1. The van der Waals surface area contributed by atoms with Gasteiger partial charge in [-0.05, 0) is 32.5 Å². The van der Waals surface area contributed by atoms with Crippen LogP contribution in [0, 0.1) is 0 Å². The molecular weight excluding hydrogens is 270 g/mol. The summed E-state index contributed by atoms with van der Waals surface area (Å²) in [7, 11) is 0. The summed E-state index contributed by atoms with van der Waals surface area (Å²) in [5.41, 5.74) is 3.03. The number of aromatic nitrogens is 1. The third-order valence-corrected chi connectivity index (χ3v) is 2.82. The van der Waals surface area contributed by atoms with E-state index >= 15 is 0 Å². The van der Waals surface area contributed by atoms with E-state index in [9.17, 15) is 9.59 Å². The third-order valence-electron chi connectivity index (χ3n) is 2.82. The zero-order chi connectivity index (χ0) is 15.8. The Hall–Kier alpha value is -1.99. The number of carbonyl (C=O) groups is 2. The third kappa shape index (κ3) is 5.88. The molecule has 2 amide bonds. The molecule has 0 saturated heterocycles. The molecule has 21 heavy (non-hydrogen) atoms. The molecule has 1 rings (SSSR count). The molecule has 0 unspecified atom stereocenters. The van der Waals surface area contributed by atoms with Gasteiger partial charge in [0.2, 0.25) is 5.91 Å². The van der Waals surface area contributed by atoms with Crippen LogP contribution in [-0.2, 0) is 11.3 Å². The molecule has 4 N–H and O–H groups in total. The zero-order valence-electron chi connectivity index (χ0n) is 12.7. The van der Waals surface area contributed by atoms with Crippen molar-refractivity contribution in [1.29, 1.82) is 0 Å². The SMILES string of the molecule is CCN(CC(=O)NC(C)C)Cc1cccc(C(=O)NN)n1. The number of pyridine rings is 1. The molecule has 1 aromatic heterocycles. The predicted molar refractivity (Wildman–Crippen MR) is 80.1 cm³/mol. The summed E-state index contributed by atoms with van der Waals surface area (Å²) in [6, 6.07) is 5.27. The largest absolute Gasteiger partial charge is 0.353 e. The maximum atomic E-state index is 11.8. The fraction of sp³-hybridized carbons (Fsp3) is 0.500. The number of nitrogen functional groups attached to an aromatic ring is 1. The van der Waals surface area contributed by atoms with Gasteiger partial charge in [-0.25, -0.2) is 10.8 Å². The molecule has 7 heteroatoms. The minimum atomic E-state index is -0.433. The number of nitrogens with two attached hydrogens (primary N) is 1. The van der Waals surface area contributed by atoms with Crippen LogP contribution in [0.4, 0.5) is 0 Å². The summed E-state index contributed by atoms with van der Waals surface area (Å²) in [5, 5.41) is 2.85. The van der Waals surface area contributed by atoms with E-state index in [1.807, 2.05) is 31.7 Å². The fourth-order valence-electron chi connectivity index (χ4n) is 1.85. The number of hydrogen-bond donors (Lipinski definition) is 3. The summed E-state index contributed by atoms with van der Waals surface area (Å²) >= 11 is 0. The van der Waals surface area contributed by atoms with E-state index in [2.05, 4.69) is 15.7 Å². The number of nitrogens with zero attached hydrogens (tertiary/aromatic N) is 2. The van der Waals surface area contributed by atoms with E-state index in [0.717, 1.165) is 5.69 Å². The van der Waals surface area contributed by atoms with Gasteiger partial charge in [-0.2, -0.15) is 0 Å². The highest BCUT2D eigenvalue weighted by Crippen LogP contribution is 2.04. The quantitative estimate of drug-likeness (QED) is 0.374. The van der Waals surface area contributed by atoms with Crippen LogP contribution in [0.3, 0.4) is 0 Å². The second-order valence-electron chi connectivity index (χ2n) is 5.01. The average Bonchev–Trinajstić information content (AvgIpc) is 2.45. The topological polar surface area (TPSA) is 100 Å². The van der Waals surface area contributed by atoms with Crippen molar-refractivity contribution in [2.24, 2.45) is 5.84 Å². The van der Waals surface area contributed by atoms with E-state index in [1.165, 1.54) is 0 Å². The van der Waals surface area contributed by atoms with Gasteiger partial charge in [-0.1, -0.05) is 13.0 Å². The van der Waals surface area contributed by atoms with Crippen molar-refractivity contribution < 1.29 is 9.59 Å². The fourth-order valence-corrected chi connectivity index (χ4v) is 1.85. The molecule has 116 valence electrons. The Bertz CT molecular complexity index is 490. The van der Waals surface area contributed by atoms with Crippen molar-refractivity contribution in [1.82, 2.24) is 20.6 Å². The zero-order valence-corrected chi connectivity index (χ0v) is 12.7. The molecule has 0 bridgehead atoms. The van der Waals surface area contributed by atoms with Crippen LogP contribution in [0.1, 0.15) is 37.0 Å². The Morgan fingerprint density at radius 3 is 2.67 bits per heavy atom. The molecule has 0 saturated carbocycles.